The number of hydrogen-bond donors (Lipinski definition) is 0. The van der Waals surface area contributed by atoms with Crippen LogP contribution >= 0.6 is 0 Å². The minimum Gasteiger partial charge on any atom is -0.258 e. The molecular weight excluding hydrogens is 178 g/mol. The van der Waals surface area contributed by atoms with Crippen LogP contribution in [0.1, 0.15) is 19.4 Å². The lowest BCUT2D eigenvalue weighted by Crippen LogP contribution is -1.87. The third-order valence-electron chi connectivity index (χ3n) is 1.75. The number of nitro benzene ring substituents is 1. The Morgan fingerprint density at radius 1 is 1.43 bits per heavy atom. The van der Waals surface area contributed by atoms with E-state index in [1.165, 1.54) is 6.07 Å². The van der Waals surface area contributed by atoms with Crippen LogP contribution in [0.3, 0.4) is 0 Å². The Labute approximate surface area is 83.2 Å². The molecule has 0 saturated heterocycles. The largest absolute Gasteiger partial charge is 0.270 e. The first-order valence-corrected chi connectivity index (χ1v) is 4.52. The quantitative estimate of drug-likeness (QED) is 0.543. The minimum atomic E-state index is -0.382. The van der Waals surface area contributed by atoms with Gasteiger partial charge in [0, 0.05) is 12.1 Å². The van der Waals surface area contributed by atoms with E-state index >= 15 is 0 Å². The predicted octanol–water partition coefficient (Wildman–Crippen LogP) is 3.26. The van der Waals surface area contributed by atoms with Crippen molar-refractivity contribution < 1.29 is 4.92 Å². The Morgan fingerprint density at radius 3 is 2.71 bits per heavy atom. The SMILES string of the molecule is CC(C)/C=C/c1cccc([N+](=O)[O-])c1. The fourth-order valence-electron chi connectivity index (χ4n) is 1.05. The summed E-state index contributed by atoms with van der Waals surface area (Å²) in [6.07, 6.45) is 3.91. The van der Waals surface area contributed by atoms with Crippen LogP contribution in [0.15, 0.2) is 30.3 Å². The lowest BCUT2D eigenvalue weighted by Gasteiger charge is -1.96. The van der Waals surface area contributed by atoms with Crippen molar-refractivity contribution in [2.45, 2.75) is 13.8 Å². The van der Waals surface area contributed by atoms with Crippen LogP contribution in [0.25, 0.3) is 6.08 Å². The first-order chi connectivity index (χ1) is 6.59. The molecule has 0 atom stereocenters. The first kappa shape index (κ1) is 10.4. The van der Waals surface area contributed by atoms with Crippen LogP contribution < -0.4 is 0 Å². The van der Waals surface area contributed by atoms with Crippen LogP contribution in [0.4, 0.5) is 5.69 Å². The van der Waals surface area contributed by atoms with E-state index in [9.17, 15) is 10.1 Å². The standard InChI is InChI=1S/C11H13NO2/c1-9(2)6-7-10-4-3-5-11(8-10)12(13)14/h3-9H,1-2H3/b7-6+. The summed E-state index contributed by atoms with van der Waals surface area (Å²) < 4.78 is 0. The molecule has 0 amide bonds. The number of hydrogen-bond acceptors (Lipinski definition) is 2. The van der Waals surface area contributed by atoms with Crippen molar-refractivity contribution in [3.63, 3.8) is 0 Å². The summed E-state index contributed by atoms with van der Waals surface area (Å²) >= 11 is 0. The topological polar surface area (TPSA) is 43.1 Å². The summed E-state index contributed by atoms with van der Waals surface area (Å²) in [5, 5.41) is 10.5. The fourth-order valence-corrected chi connectivity index (χ4v) is 1.05. The van der Waals surface area contributed by atoms with Gasteiger partial charge in [-0.3, -0.25) is 10.1 Å². The van der Waals surface area contributed by atoms with Crippen molar-refractivity contribution in [3.05, 3.63) is 46.0 Å². The van der Waals surface area contributed by atoms with Gasteiger partial charge in [0.1, 0.15) is 0 Å². The molecule has 0 radical (unpaired) electrons. The monoisotopic (exact) mass is 191 g/mol. The predicted molar refractivity (Wildman–Crippen MR) is 57.0 cm³/mol. The lowest BCUT2D eigenvalue weighted by molar-refractivity contribution is -0.384. The van der Waals surface area contributed by atoms with Gasteiger partial charge in [-0.1, -0.05) is 38.1 Å². The number of rotatable bonds is 3. The van der Waals surface area contributed by atoms with Gasteiger partial charge in [0.15, 0.2) is 0 Å². The van der Waals surface area contributed by atoms with Gasteiger partial charge >= 0.3 is 0 Å². The first-order valence-electron chi connectivity index (χ1n) is 4.52. The number of nitro groups is 1. The molecule has 0 aromatic heterocycles. The number of nitrogens with zero attached hydrogens (tertiary/aromatic N) is 1. The summed E-state index contributed by atoms with van der Waals surface area (Å²) in [6, 6.07) is 6.61. The summed E-state index contributed by atoms with van der Waals surface area (Å²) in [7, 11) is 0. The fraction of sp³-hybridized carbons (Fsp3) is 0.273. The average molecular weight is 191 g/mol. The van der Waals surface area contributed by atoms with E-state index in [1.807, 2.05) is 18.2 Å². The summed E-state index contributed by atoms with van der Waals surface area (Å²) in [4.78, 5) is 10.1. The maximum Gasteiger partial charge on any atom is 0.270 e. The zero-order valence-corrected chi connectivity index (χ0v) is 8.31. The van der Waals surface area contributed by atoms with Crippen molar-refractivity contribution in [1.29, 1.82) is 0 Å². The van der Waals surface area contributed by atoms with Crippen LogP contribution in [-0.2, 0) is 0 Å². The third kappa shape index (κ3) is 3.01. The van der Waals surface area contributed by atoms with E-state index in [1.54, 1.807) is 12.1 Å². The zero-order valence-electron chi connectivity index (χ0n) is 8.31. The molecule has 0 N–H and O–H groups in total. The molecule has 0 unspecified atom stereocenters. The van der Waals surface area contributed by atoms with Gasteiger partial charge in [0.25, 0.3) is 5.69 Å². The number of allylic oxidation sites excluding steroid dienone is 1. The second-order valence-corrected chi connectivity index (χ2v) is 3.46. The Balaban J connectivity index is 2.89. The van der Waals surface area contributed by atoms with Gasteiger partial charge in [0.05, 0.1) is 4.92 Å². The molecule has 1 aromatic carbocycles. The van der Waals surface area contributed by atoms with Crippen LogP contribution in [-0.4, -0.2) is 4.92 Å². The van der Waals surface area contributed by atoms with Gasteiger partial charge in [-0.2, -0.15) is 0 Å². The number of non-ortho nitro benzene ring substituents is 1. The van der Waals surface area contributed by atoms with E-state index < -0.39 is 0 Å². The number of benzene rings is 1. The van der Waals surface area contributed by atoms with Crippen molar-refractivity contribution in [2.75, 3.05) is 0 Å². The Bertz CT molecular complexity index is 356. The van der Waals surface area contributed by atoms with E-state index in [-0.39, 0.29) is 10.6 Å². The van der Waals surface area contributed by atoms with Crippen molar-refractivity contribution in [1.82, 2.24) is 0 Å². The lowest BCUT2D eigenvalue weighted by atomic mass is 10.1. The van der Waals surface area contributed by atoms with Gasteiger partial charge in [-0.15, -0.1) is 0 Å². The van der Waals surface area contributed by atoms with E-state index in [2.05, 4.69) is 13.8 Å². The van der Waals surface area contributed by atoms with Crippen LogP contribution in [0, 0.1) is 16.0 Å². The Morgan fingerprint density at radius 2 is 2.14 bits per heavy atom. The minimum absolute atomic E-state index is 0.135. The zero-order chi connectivity index (χ0) is 10.6. The molecule has 1 aromatic rings. The Hall–Kier alpha value is -1.64. The Kier molecular flexibility index (Phi) is 3.40. The summed E-state index contributed by atoms with van der Waals surface area (Å²) in [5.74, 6) is 0.453. The summed E-state index contributed by atoms with van der Waals surface area (Å²) in [6.45, 7) is 4.13. The highest BCUT2D eigenvalue weighted by Gasteiger charge is 2.03. The van der Waals surface area contributed by atoms with Crippen molar-refractivity contribution >= 4 is 11.8 Å². The van der Waals surface area contributed by atoms with Crippen LogP contribution in [0.2, 0.25) is 0 Å². The van der Waals surface area contributed by atoms with E-state index in [0.717, 1.165) is 5.56 Å². The highest BCUT2D eigenvalue weighted by molar-refractivity contribution is 5.53. The van der Waals surface area contributed by atoms with Gasteiger partial charge in [-0.05, 0) is 11.5 Å². The molecule has 0 aliphatic carbocycles. The molecule has 74 valence electrons. The third-order valence-corrected chi connectivity index (χ3v) is 1.75. The van der Waals surface area contributed by atoms with Crippen LogP contribution in [0.5, 0.6) is 0 Å². The molecule has 0 spiro atoms. The molecule has 0 aliphatic rings. The average Bonchev–Trinajstić information content (AvgIpc) is 2.15. The highest BCUT2D eigenvalue weighted by Crippen LogP contribution is 2.14. The highest BCUT2D eigenvalue weighted by atomic mass is 16.6. The molecule has 3 nitrogen and oxygen atoms in total. The maximum absolute atomic E-state index is 10.5. The molecule has 1 rings (SSSR count). The molecule has 14 heavy (non-hydrogen) atoms. The second-order valence-electron chi connectivity index (χ2n) is 3.46. The normalized spacial score (nSPS) is 11.1. The maximum atomic E-state index is 10.5. The second kappa shape index (κ2) is 4.56. The molecular formula is C11H13NO2. The molecule has 0 aliphatic heterocycles. The van der Waals surface area contributed by atoms with Crippen molar-refractivity contribution in [2.24, 2.45) is 5.92 Å². The molecule has 0 fully saturated rings. The molecule has 0 heterocycles. The van der Waals surface area contributed by atoms with Crippen molar-refractivity contribution in [3.8, 4) is 0 Å². The smallest absolute Gasteiger partial charge is 0.258 e. The van der Waals surface area contributed by atoms with Gasteiger partial charge < -0.3 is 0 Å². The molecule has 3 heteroatoms. The summed E-state index contributed by atoms with van der Waals surface area (Å²) in [5.41, 5.74) is 1.00. The van der Waals surface area contributed by atoms with Gasteiger partial charge in [0.2, 0.25) is 0 Å². The van der Waals surface area contributed by atoms with E-state index in [0.29, 0.717) is 5.92 Å². The molecule has 0 bridgehead atoms. The van der Waals surface area contributed by atoms with Gasteiger partial charge in [-0.25, -0.2) is 0 Å². The molecule has 0 saturated carbocycles. The van der Waals surface area contributed by atoms with E-state index in [4.69, 9.17) is 0 Å².